The van der Waals surface area contributed by atoms with E-state index >= 15 is 0 Å². The number of esters is 2. The molecule has 0 bridgehead atoms. The van der Waals surface area contributed by atoms with Gasteiger partial charge in [-0.1, -0.05) is 18.2 Å². The van der Waals surface area contributed by atoms with Gasteiger partial charge < -0.3 is 14.2 Å². The molecule has 0 radical (unpaired) electrons. The van der Waals surface area contributed by atoms with Gasteiger partial charge in [0.2, 0.25) is 0 Å². The van der Waals surface area contributed by atoms with Gasteiger partial charge >= 0.3 is 11.9 Å². The summed E-state index contributed by atoms with van der Waals surface area (Å²) in [4.78, 5) is 37.2. The third kappa shape index (κ3) is 6.52. The lowest BCUT2D eigenvalue weighted by Gasteiger charge is -2.09. The van der Waals surface area contributed by atoms with E-state index in [4.69, 9.17) is 14.2 Å². The monoisotopic (exact) mass is 466 g/mol. The van der Waals surface area contributed by atoms with Crippen LogP contribution in [0.1, 0.15) is 45.1 Å². The molecule has 2 rings (SSSR count). The number of carbonyl (C=O) groups is 3. The van der Waals surface area contributed by atoms with Gasteiger partial charge in [0, 0.05) is 16.9 Å². The number of Topliss-reactive ketones (excluding diaryl/α,β-unsaturated/α-hetero) is 1. The van der Waals surface area contributed by atoms with Crippen LogP contribution in [0.3, 0.4) is 0 Å². The molecule has 9 heteroatoms. The number of hydrogen-bond donors (Lipinski definition) is 0. The van der Waals surface area contributed by atoms with Crippen LogP contribution in [0, 0.1) is 29.6 Å². The zero-order valence-electron chi connectivity index (χ0n) is 18.5. The van der Waals surface area contributed by atoms with Gasteiger partial charge in [-0.15, -0.1) is 11.3 Å². The van der Waals surface area contributed by atoms with E-state index in [0.29, 0.717) is 21.8 Å². The minimum Gasteiger partial charge on any atom is -0.481 e. The molecule has 0 aliphatic rings. The molecule has 0 aliphatic carbocycles. The highest BCUT2D eigenvalue weighted by molar-refractivity contribution is 7.14. The van der Waals surface area contributed by atoms with E-state index in [-0.39, 0.29) is 42.3 Å². The maximum Gasteiger partial charge on any atom is 0.348 e. The number of allylic oxidation sites excluding steroid dienone is 1. The number of hydrogen-bond acceptors (Lipinski definition) is 9. The molecule has 0 saturated heterocycles. The van der Waals surface area contributed by atoms with Crippen molar-refractivity contribution in [1.82, 2.24) is 0 Å². The van der Waals surface area contributed by atoms with E-state index in [1.807, 2.05) is 12.1 Å². The number of para-hydroxylation sites is 1. The maximum absolute atomic E-state index is 12.9. The molecule has 0 spiro atoms. The molecule has 0 fully saturated rings. The van der Waals surface area contributed by atoms with Crippen molar-refractivity contribution in [2.45, 2.75) is 27.2 Å². The largest absolute Gasteiger partial charge is 0.481 e. The fourth-order valence-electron chi connectivity index (χ4n) is 2.88. The van der Waals surface area contributed by atoms with Crippen molar-refractivity contribution in [3.8, 4) is 17.9 Å². The van der Waals surface area contributed by atoms with Gasteiger partial charge in [0.25, 0.3) is 0 Å². The first-order valence-electron chi connectivity index (χ1n) is 10.1. The zero-order chi connectivity index (χ0) is 24.4. The van der Waals surface area contributed by atoms with Crippen molar-refractivity contribution in [3.63, 3.8) is 0 Å². The third-order valence-corrected chi connectivity index (χ3v) is 5.68. The van der Waals surface area contributed by atoms with Gasteiger partial charge in [0.15, 0.2) is 12.4 Å². The lowest BCUT2D eigenvalue weighted by atomic mass is 10.0. The number of benzene rings is 1. The van der Waals surface area contributed by atoms with Crippen LogP contribution in [0.4, 0.5) is 0 Å². The Morgan fingerprint density at radius 3 is 2.42 bits per heavy atom. The number of nitrogens with zero attached hydrogens (tertiary/aromatic N) is 2. The van der Waals surface area contributed by atoms with E-state index in [9.17, 15) is 24.9 Å². The summed E-state index contributed by atoms with van der Waals surface area (Å²) in [6, 6.07) is 10.5. The Kier molecular flexibility index (Phi) is 9.34. The predicted octanol–water partition coefficient (Wildman–Crippen LogP) is 3.77. The minimum atomic E-state index is -0.557. The molecular formula is C24H22N2O6S. The lowest BCUT2D eigenvalue weighted by molar-refractivity contribution is -0.145. The first kappa shape index (κ1) is 25.3. The molecule has 1 heterocycles. The smallest absolute Gasteiger partial charge is 0.348 e. The summed E-state index contributed by atoms with van der Waals surface area (Å²) in [5.41, 5.74) is 0.951. The first-order valence-corrected chi connectivity index (χ1v) is 10.9. The summed E-state index contributed by atoms with van der Waals surface area (Å²) < 4.78 is 15.3. The summed E-state index contributed by atoms with van der Waals surface area (Å²) in [5.74, 6) is -1.31. The minimum absolute atomic E-state index is 0.158. The van der Waals surface area contributed by atoms with E-state index < -0.39 is 17.7 Å². The van der Waals surface area contributed by atoms with Crippen LogP contribution in [0.15, 0.2) is 29.8 Å². The third-order valence-electron chi connectivity index (χ3n) is 4.40. The Morgan fingerprint density at radius 2 is 1.79 bits per heavy atom. The van der Waals surface area contributed by atoms with Crippen LogP contribution in [0.5, 0.6) is 5.75 Å². The van der Waals surface area contributed by atoms with Crippen LogP contribution in [0.2, 0.25) is 0 Å². The SMILES string of the molecule is CCOC(=O)COc1ccccc1/C=C(\C#N)C(=O)Cc1sc(C(=O)OCC)c(C)c1C#N. The molecule has 0 unspecified atom stereocenters. The quantitative estimate of drug-likeness (QED) is 0.294. The first-order chi connectivity index (χ1) is 15.9. The molecule has 33 heavy (non-hydrogen) atoms. The molecule has 0 amide bonds. The molecule has 1 aromatic carbocycles. The molecule has 0 saturated carbocycles. The van der Waals surface area contributed by atoms with Gasteiger partial charge in [-0.05, 0) is 38.5 Å². The van der Waals surface area contributed by atoms with Crippen molar-refractivity contribution in [2.24, 2.45) is 0 Å². The predicted molar refractivity (Wildman–Crippen MR) is 121 cm³/mol. The fraction of sp³-hybridized carbons (Fsp3) is 0.292. The molecule has 1 aromatic heterocycles. The Hall–Kier alpha value is -3.95. The molecule has 0 N–H and O–H groups in total. The van der Waals surface area contributed by atoms with Crippen LogP contribution in [0.25, 0.3) is 6.08 Å². The van der Waals surface area contributed by atoms with Crippen LogP contribution in [-0.4, -0.2) is 37.5 Å². The molecular weight excluding hydrogens is 444 g/mol. The van der Waals surface area contributed by atoms with Crippen LogP contribution in [-0.2, 0) is 25.5 Å². The molecule has 8 nitrogen and oxygen atoms in total. The second-order valence-electron chi connectivity index (χ2n) is 6.59. The summed E-state index contributed by atoms with van der Waals surface area (Å²) in [6.07, 6.45) is 1.14. The number of ketones is 1. The highest BCUT2D eigenvalue weighted by atomic mass is 32.1. The van der Waals surface area contributed by atoms with E-state index in [0.717, 1.165) is 11.3 Å². The molecule has 170 valence electrons. The topological polar surface area (TPSA) is 126 Å². The molecule has 0 aliphatic heterocycles. The Labute approximate surface area is 195 Å². The average Bonchev–Trinajstić information content (AvgIpc) is 3.11. The van der Waals surface area contributed by atoms with E-state index in [1.165, 1.54) is 6.08 Å². The van der Waals surface area contributed by atoms with E-state index in [1.54, 1.807) is 45.0 Å². The highest BCUT2D eigenvalue weighted by Gasteiger charge is 2.23. The van der Waals surface area contributed by atoms with Crippen LogP contribution >= 0.6 is 11.3 Å². The number of nitriles is 2. The second-order valence-corrected chi connectivity index (χ2v) is 7.69. The van der Waals surface area contributed by atoms with Gasteiger partial charge in [-0.2, -0.15) is 10.5 Å². The molecule has 0 atom stereocenters. The summed E-state index contributed by atoms with van der Waals surface area (Å²) in [7, 11) is 0. The van der Waals surface area contributed by atoms with Gasteiger partial charge in [0.1, 0.15) is 22.8 Å². The standard InChI is InChI=1S/C24H22N2O6S/c1-4-30-22(28)14-32-20-9-7-6-8-16(20)10-17(12-25)19(27)11-21-18(13-26)15(3)23(33-21)24(29)31-5-2/h6-10H,4-5,11,14H2,1-3H3/b17-10+. The Bertz CT molecular complexity index is 1170. The highest BCUT2D eigenvalue weighted by Crippen LogP contribution is 2.30. The van der Waals surface area contributed by atoms with E-state index in [2.05, 4.69) is 0 Å². The van der Waals surface area contributed by atoms with Gasteiger partial charge in [0.05, 0.1) is 24.4 Å². The number of rotatable bonds is 10. The van der Waals surface area contributed by atoms with Crippen molar-refractivity contribution < 1.29 is 28.6 Å². The number of thiophene rings is 1. The molecule has 2 aromatic rings. The summed E-state index contributed by atoms with van der Waals surface area (Å²) >= 11 is 1.01. The summed E-state index contributed by atoms with van der Waals surface area (Å²) in [6.45, 7) is 5.07. The number of carbonyl (C=O) groups excluding carboxylic acids is 3. The number of ether oxygens (including phenoxy) is 3. The van der Waals surface area contributed by atoms with Crippen LogP contribution < -0.4 is 4.74 Å². The Morgan fingerprint density at radius 1 is 1.09 bits per heavy atom. The Balaban J connectivity index is 2.30. The van der Waals surface area contributed by atoms with Crippen molar-refractivity contribution in [1.29, 1.82) is 10.5 Å². The summed E-state index contributed by atoms with van der Waals surface area (Å²) in [5, 5.41) is 19.1. The maximum atomic E-state index is 12.9. The van der Waals surface area contributed by atoms with Crippen molar-refractivity contribution in [2.75, 3.05) is 19.8 Å². The lowest BCUT2D eigenvalue weighted by Crippen LogP contribution is -2.15. The fourth-order valence-corrected chi connectivity index (χ4v) is 4.03. The van der Waals surface area contributed by atoms with Gasteiger partial charge in [-0.3, -0.25) is 4.79 Å². The average molecular weight is 467 g/mol. The second kappa shape index (κ2) is 12.2. The zero-order valence-corrected chi connectivity index (χ0v) is 19.3. The van der Waals surface area contributed by atoms with Crippen molar-refractivity contribution >= 4 is 35.1 Å². The normalized spacial score (nSPS) is 10.6. The van der Waals surface area contributed by atoms with Crippen molar-refractivity contribution in [3.05, 3.63) is 56.3 Å². The van der Waals surface area contributed by atoms with Gasteiger partial charge in [-0.25, -0.2) is 9.59 Å².